The number of nitrogens with one attached hydrogen (secondary N) is 1. The summed E-state index contributed by atoms with van der Waals surface area (Å²) in [7, 11) is 1.65. The molecule has 0 unspecified atom stereocenters. The summed E-state index contributed by atoms with van der Waals surface area (Å²) in [5.74, 6) is 1.61. The van der Waals surface area contributed by atoms with E-state index in [9.17, 15) is 4.79 Å². The Morgan fingerprint density at radius 2 is 1.96 bits per heavy atom. The van der Waals surface area contributed by atoms with Crippen molar-refractivity contribution in [2.24, 2.45) is 0 Å². The van der Waals surface area contributed by atoms with Gasteiger partial charge >= 0.3 is 0 Å². The maximum absolute atomic E-state index is 12.0. The third-order valence-electron chi connectivity index (χ3n) is 4.58. The Morgan fingerprint density at radius 3 is 2.84 bits per heavy atom. The molecule has 0 bridgehead atoms. The molecule has 1 aliphatic rings. The predicted octanol–water partition coefficient (Wildman–Crippen LogP) is 3.31. The topological polar surface area (TPSA) is 47.6 Å². The van der Waals surface area contributed by atoms with E-state index < -0.39 is 0 Å². The fourth-order valence-electron chi connectivity index (χ4n) is 3.25. The van der Waals surface area contributed by atoms with Gasteiger partial charge in [-0.05, 0) is 67.0 Å². The van der Waals surface area contributed by atoms with Crippen LogP contribution in [0.5, 0.6) is 11.5 Å². The number of hydrogen-bond acceptors (Lipinski definition) is 3. The van der Waals surface area contributed by atoms with Crippen molar-refractivity contribution in [2.75, 3.05) is 20.3 Å². The Balaban J connectivity index is 1.45. The quantitative estimate of drug-likeness (QED) is 0.842. The molecule has 0 saturated heterocycles. The molecule has 0 saturated carbocycles. The van der Waals surface area contributed by atoms with Crippen LogP contribution in [0.3, 0.4) is 0 Å². The van der Waals surface area contributed by atoms with E-state index in [0.717, 1.165) is 36.3 Å². The molecule has 25 heavy (non-hydrogen) atoms. The van der Waals surface area contributed by atoms with Gasteiger partial charge < -0.3 is 14.8 Å². The molecule has 0 radical (unpaired) electrons. The third-order valence-corrected chi connectivity index (χ3v) is 4.58. The average Bonchev–Trinajstić information content (AvgIpc) is 2.66. The van der Waals surface area contributed by atoms with Crippen LogP contribution in [0.1, 0.15) is 29.5 Å². The number of aryl methyl sites for hydroxylation is 1. The summed E-state index contributed by atoms with van der Waals surface area (Å²) in [4.78, 5) is 12.0. The number of carbonyl (C=O) groups excluding carboxylic acids is 1. The minimum atomic E-state index is -0.0868. The molecular formula is C21H25NO3. The van der Waals surface area contributed by atoms with E-state index in [1.54, 1.807) is 7.11 Å². The number of methoxy groups -OCH3 is 1. The average molecular weight is 339 g/mol. The number of hydrogen-bond donors (Lipinski definition) is 1. The second kappa shape index (κ2) is 8.56. The van der Waals surface area contributed by atoms with Gasteiger partial charge in [0.15, 0.2) is 6.61 Å². The molecule has 1 amide bonds. The minimum absolute atomic E-state index is 0.0641. The number of fused-ring (bicyclic) bond motifs is 1. The van der Waals surface area contributed by atoms with Gasteiger partial charge in [0.1, 0.15) is 11.5 Å². The lowest BCUT2D eigenvalue weighted by molar-refractivity contribution is -0.123. The first-order valence-corrected chi connectivity index (χ1v) is 8.89. The molecule has 4 heteroatoms. The zero-order valence-corrected chi connectivity index (χ0v) is 14.7. The molecule has 1 N–H and O–H groups in total. The van der Waals surface area contributed by atoms with Crippen molar-refractivity contribution in [2.45, 2.75) is 32.1 Å². The highest BCUT2D eigenvalue weighted by molar-refractivity contribution is 5.77. The molecule has 0 heterocycles. The maximum atomic E-state index is 12.0. The van der Waals surface area contributed by atoms with Gasteiger partial charge in [-0.3, -0.25) is 4.79 Å². The van der Waals surface area contributed by atoms with E-state index in [4.69, 9.17) is 9.47 Å². The Hall–Kier alpha value is -2.49. The van der Waals surface area contributed by atoms with E-state index >= 15 is 0 Å². The largest absolute Gasteiger partial charge is 0.497 e. The molecule has 132 valence electrons. The second-order valence-corrected chi connectivity index (χ2v) is 6.34. The van der Waals surface area contributed by atoms with Crippen LogP contribution in [0.25, 0.3) is 0 Å². The highest BCUT2D eigenvalue weighted by atomic mass is 16.5. The molecule has 2 aromatic carbocycles. The first-order valence-electron chi connectivity index (χ1n) is 8.89. The number of carbonyl (C=O) groups is 1. The van der Waals surface area contributed by atoms with Crippen LogP contribution in [-0.2, 0) is 24.1 Å². The van der Waals surface area contributed by atoms with Gasteiger partial charge in [-0.15, -0.1) is 0 Å². The molecule has 0 aliphatic heterocycles. The number of benzene rings is 2. The molecule has 0 fully saturated rings. The zero-order chi connectivity index (χ0) is 17.5. The summed E-state index contributed by atoms with van der Waals surface area (Å²) in [6.07, 6.45) is 5.35. The summed E-state index contributed by atoms with van der Waals surface area (Å²) >= 11 is 0. The summed E-state index contributed by atoms with van der Waals surface area (Å²) in [5, 5.41) is 2.91. The molecule has 1 aliphatic carbocycles. The van der Waals surface area contributed by atoms with Crippen LogP contribution < -0.4 is 14.8 Å². The highest BCUT2D eigenvalue weighted by Gasteiger charge is 2.14. The van der Waals surface area contributed by atoms with Crippen LogP contribution in [0.15, 0.2) is 42.5 Å². The first-order chi connectivity index (χ1) is 12.3. The van der Waals surface area contributed by atoms with Crippen molar-refractivity contribution in [1.82, 2.24) is 5.32 Å². The first kappa shape index (κ1) is 17.3. The van der Waals surface area contributed by atoms with Gasteiger partial charge in [0.25, 0.3) is 5.91 Å². The number of amides is 1. The van der Waals surface area contributed by atoms with Crippen molar-refractivity contribution in [3.8, 4) is 11.5 Å². The number of rotatable bonds is 7. The monoisotopic (exact) mass is 339 g/mol. The number of ether oxygens (including phenoxy) is 2. The molecule has 3 rings (SSSR count). The van der Waals surface area contributed by atoms with Gasteiger partial charge in [0.2, 0.25) is 0 Å². The van der Waals surface area contributed by atoms with E-state index in [-0.39, 0.29) is 12.5 Å². The lowest BCUT2D eigenvalue weighted by Crippen LogP contribution is -2.30. The SMILES string of the molecule is COc1cccc(CCNC(=O)COc2cccc3c2CCCC3)c1. The molecule has 4 nitrogen and oxygen atoms in total. The normalized spacial score (nSPS) is 13.0. The van der Waals surface area contributed by atoms with Crippen molar-refractivity contribution in [3.63, 3.8) is 0 Å². The van der Waals surface area contributed by atoms with E-state index in [2.05, 4.69) is 11.4 Å². The Morgan fingerprint density at radius 1 is 1.12 bits per heavy atom. The lowest BCUT2D eigenvalue weighted by Gasteiger charge is -2.19. The van der Waals surface area contributed by atoms with Crippen LogP contribution in [0.4, 0.5) is 0 Å². The third kappa shape index (κ3) is 4.75. The zero-order valence-electron chi connectivity index (χ0n) is 14.7. The van der Waals surface area contributed by atoms with Gasteiger partial charge in [0.05, 0.1) is 7.11 Å². The predicted molar refractivity (Wildman–Crippen MR) is 98.3 cm³/mol. The maximum Gasteiger partial charge on any atom is 0.257 e. The minimum Gasteiger partial charge on any atom is -0.497 e. The van der Waals surface area contributed by atoms with Crippen LogP contribution in [0.2, 0.25) is 0 Å². The van der Waals surface area contributed by atoms with Gasteiger partial charge in [-0.2, -0.15) is 0 Å². The molecule has 2 aromatic rings. The molecule has 0 spiro atoms. The fraction of sp³-hybridized carbons (Fsp3) is 0.381. The summed E-state index contributed by atoms with van der Waals surface area (Å²) in [6.45, 7) is 0.650. The van der Waals surface area contributed by atoms with Crippen molar-refractivity contribution in [1.29, 1.82) is 0 Å². The van der Waals surface area contributed by atoms with Gasteiger partial charge in [0, 0.05) is 6.54 Å². The van der Waals surface area contributed by atoms with Gasteiger partial charge in [-0.25, -0.2) is 0 Å². The van der Waals surface area contributed by atoms with Crippen molar-refractivity contribution < 1.29 is 14.3 Å². The highest BCUT2D eigenvalue weighted by Crippen LogP contribution is 2.29. The molecule has 0 atom stereocenters. The molecular weight excluding hydrogens is 314 g/mol. The van der Waals surface area contributed by atoms with Crippen LogP contribution in [-0.4, -0.2) is 26.2 Å². The van der Waals surface area contributed by atoms with E-state index in [1.165, 1.54) is 24.0 Å². The Kier molecular flexibility index (Phi) is 5.94. The summed E-state index contributed by atoms with van der Waals surface area (Å²) in [5.41, 5.74) is 3.78. The van der Waals surface area contributed by atoms with E-state index in [0.29, 0.717) is 6.54 Å². The van der Waals surface area contributed by atoms with Crippen LogP contribution in [0, 0.1) is 0 Å². The second-order valence-electron chi connectivity index (χ2n) is 6.34. The van der Waals surface area contributed by atoms with Gasteiger partial charge in [-0.1, -0.05) is 24.3 Å². The van der Waals surface area contributed by atoms with Crippen molar-refractivity contribution >= 4 is 5.91 Å². The van der Waals surface area contributed by atoms with Crippen molar-refractivity contribution in [3.05, 3.63) is 59.2 Å². The molecule has 0 aromatic heterocycles. The standard InChI is InChI=1S/C21H25NO3/c1-24-18-9-4-6-16(14-18)12-13-22-21(23)15-25-20-11-5-8-17-7-2-3-10-19(17)20/h4-6,8-9,11,14H,2-3,7,10,12-13,15H2,1H3,(H,22,23). The summed E-state index contributed by atoms with van der Waals surface area (Å²) < 4.78 is 11.0. The lowest BCUT2D eigenvalue weighted by atomic mass is 9.91. The van der Waals surface area contributed by atoms with Crippen LogP contribution >= 0.6 is 0 Å². The Labute approximate surface area is 149 Å². The smallest absolute Gasteiger partial charge is 0.257 e. The Bertz CT molecular complexity index is 727. The fourth-order valence-corrected chi connectivity index (χ4v) is 3.25. The summed E-state index contributed by atoms with van der Waals surface area (Å²) in [6, 6.07) is 14.0. The van der Waals surface area contributed by atoms with E-state index in [1.807, 2.05) is 36.4 Å².